The van der Waals surface area contributed by atoms with Gasteiger partial charge in [0, 0.05) is 62.8 Å². The van der Waals surface area contributed by atoms with Crippen LogP contribution in [0.5, 0.6) is 5.75 Å². The van der Waals surface area contributed by atoms with Gasteiger partial charge in [0.25, 0.3) is 11.8 Å². The van der Waals surface area contributed by atoms with Crippen molar-refractivity contribution in [1.82, 2.24) is 29.9 Å². The van der Waals surface area contributed by atoms with E-state index in [1.165, 1.54) is 12.3 Å². The number of rotatable bonds is 9. The van der Waals surface area contributed by atoms with Crippen LogP contribution in [0.25, 0.3) is 5.69 Å². The molecule has 0 saturated carbocycles. The second-order valence-electron chi connectivity index (χ2n) is 11.8. The number of amides is 2. The number of hydrogen-bond donors (Lipinski definition) is 1. The first kappa shape index (κ1) is 31.1. The van der Waals surface area contributed by atoms with Gasteiger partial charge in [-0.15, -0.1) is 0 Å². The molecular weight excluding hydrogens is 587 g/mol. The van der Waals surface area contributed by atoms with Crippen molar-refractivity contribution in [1.29, 1.82) is 0 Å². The number of nitrogens with zero attached hydrogens (tertiary/aromatic N) is 5. The topological polar surface area (TPSA) is 110 Å². The molecule has 0 bridgehead atoms. The second-order valence-corrected chi connectivity index (χ2v) is 11.8. The minimum absolute atomic E-state index is 0.0704. The van der Waals surface area contributed by atoms with Crippen LogP contribution in [0.3, 0.4) is 0 Å². The Bertz CT molecular complexity index is 1640. The van der Waals surface area contributed by atoms with Gasteiger partial charge in [0.2, 0.25) is 0 Å². The van der Waals surface area contributed by atoms with E-state index in [9.17, 15) is 14.4 Å². The van der Waals surface area contributed by atoms with Crippen LogP contribution in [-0.4, -0.2) is 87.7 Å². The number of carbonyl (C=O) groups excluding carboxylic acids is 3. The SMILES string of the molecule is COc1ccc(C(=O)C2CCN(C(=O)c3ccc(C(=O)N[C@@H]4CCN(Cc5ccc(-n6cccn6)cc5)C[C@H]4F)cn3)CC2)cc1. The number of methoxy groups -OCH3 is 1. The van der Waals surface area contributed by atoms with Gasteiger partial charge in [0.15, 0.2) is 5.78 Å². The zero-order chi connectivity index (χ0) is 32.0. The Hall–Kier alpha value is -4.90. The Morgan fingerprint density at radius 1 is 0.935 bits per heavy atom. The highest BCUT2D eigenvalue weighted by molar-refractivity contribution is 5.99. The van der Waals surface area contributed by atoms with Crippen LogP contribution < -0.4 is 10.1 Å². The Morgan fingerprint density at radius 3 is 2.30 bits per heavy atom. The fourth-order valence-electron chi connectivity index (χ4n) is 6.11. The maximum Gasteiger partial charge on any atom is 0.272 e. The Labute approximate surface area is 267 Å². The lowest BCUT2D eigenvalue weighted by atomic mass is 9.88. The van der Waals surface area contributed by atoms with Gasteiger partial charge in [-0.05, 0) is 79.4 Å². The molecule has 10 nitrogen and oxygen atoms in total. The maximum atomic E-state index is 15.1. The zero-order valence-corrected chi connectivity index (χ0v) is 25.7. The predicted octanol–water partition coefficient (Wildman–Crippen LogP) is 4.35. The van der Waals surface area contributed by atoms with E-state index in [1.54, 1.807) is 53.2 Å². The summed E-state index contributed by atoms with van der Waals surface area (Å²) >= 11 is 0. The molecule has 11 heteroatoms. The van der Waals surface area contributed by atoms with Crippen LogP contribution in [0.15, 0.2) is 85.3 Å². The molecule has 0 radical (unpaired) electrons. The minimum atomic E-state index is -1.21. The quantitative estimate of drug-likeness (QED) is 0.276. The number of ether oxygens (including phenoxy) is 1. The third kappa shape index (κ3) is 7.15. The number of aromatic nitrogens is 3. The number of Topliss-reactive ketones (excluding diaryl/α,β-unsaturated/α-hetero) is 1. The summed E-state index contributed by atoms with van der Waals surface area (Å²) in [5.74, 6) is -0.0429. The summed E-state index contributed by atoms with van der Waals surface area (Å²) in [6, 6.07) is 19.4. The van der Waals surface area contributed by atoms with Crippen molar-refractivity contribution in [3.63, 3.8) is 0 Å². The monoisotopic (exact) mass is 624 g/mol. The summed E-state index contributed by atoms with van der Waals surface area (Å²) in [5.41, 5.74) is 3.18. The van der Waals surface area contributed by atoms with Crippen molar-refractivity contribution in [3.05, 3.63) is 108 Å². The smallest absolute Gasteiger partial charge is 0.272 e. The van der Waals surface area contributed by atoms with Gasteiger partial charge in [-0.1, -0.05) is 12.1 Å². The number of likely N-dealkylation sites (tertiary alicyclic amines) is 2. The first-order valence-corrected chi connectivity index (χ1v) is 15.6. The fourth-order valence-corrected chi connectivity index (χ4v) is 6.11. The lowest BCUT2D eigenvalue weighted by Crippen LogP contribution is -2.52. The molecule has 2 aliphatic rings. The van der Waals surface area contributed by atoms with Gasteiger partial charge in [0.05, 0.1) is 24.4 Å². The number of alkyl halides is 1. The zero-order valence-electron chi connectivity index (χ0n) is 25.7. The Balaban J connectivity index is 0.957. The van der Waals surface area contributed by atoms with Crippen LogP contribution >= 0.6 is 0 Å². The molecule has 2 amide bonds. The summed E-state index contributed by atoms with van der Waals surface area (Å²) < 4.78 is 22.1. The molecule has 2 saturated heterocycles. The molecule has 2 aromatic heterocycles. The minimum Gasteiger partial charge on any atom is -0.497 e. The number of nitrogens with one attached hydrogen (secondary N) is 1. The summed E-state index contributed by atoms with van der Waals surface area (Å²) in [7, 11) is 1.58. The van der Waals surface area contributed by atoms with Crippen molar-refractivity contribution in [2.75, 3.05) is 33.3 Å². The van der Waals surface area contributed by atoms with Gasteiger partial charge < -0.3 is 15.0 Å². The number of piperidine rings is 2. The lowest BCUT2D eigenvalue weighted by Gasteiger charge is -2.35. The van der Waals surface area contributed by atoms with E-state index in [0.29, 0.717) is 56.8 Å². The van der Waals surface area contributed by atoms with Crippen LogP contribution in [0, 0.1) is 5.92 Å². The standard InChI is InChI=1S/C35H37FN6O4/c1-46-29-10-5-25(6-11-29)33(43)26-13-19-41(20-14-26)35(45)32-12-7-27(21-37-32)34(44)39-31-15-18-40(23-30(31)36)22-24-3-8-28(9-4-24)42-17-2-16-38-42/h2-12,16-17,21,26,30-31H,13-15,18-20,22-23H2,1H3,(H,39,44)/t30-,31-/m1/s1. The molecule has 0 aliphatic carbocycles. The van der Waals surface area contributed by atoms with Crippen molar-refractivity contribution in [2.24, 2.45) is 5.92 Å². The highest BCUT2D eigenvalue weighted by Gasteiger charge is 2.31. The third-order valence-electron chi connectivity index (χ3n) is 8.83. The normalized spacial score (nSPS) is 19.0. The van der Waals surface area contributed by atoms with E-state index in [1.807, 2.05) is 36.5 Å². The molecule has 46 heavy (non-hydrogen) atoms. The molecule has 0 unspecified atom stereocenters. The van der Waals surface area contributed by atoms with E-state index in [2.05, 4.69) is 20.3 Å². The molecule has 2 aliphatic heterocycles. The van der Waals surface area contributed by atoms with Crippen LogP contribution in [-0.2, 0) is 6.54 Å². The number of ketones is 1. The molecule has 2 aromatic carbocycles. The van der Waals surface area contributed by atoms with E-state index in [0.717, 1.165) is 11.3 Å². The highest BCUT2D eigenvalue weighted by Crippen LogP contribution is 2.24. The number of carbonyl (C=O) groups is 3. The van der Waals surface area contributed by atoms with E-state index >= 15 is 4.39 Å². The van der Waals surface area contributed by atoms with Crippen LogP contribution in [0.1, 0.15) is 56.0 Å². The predicted molar refractivity (Wildman–Crippen MR) is 170 cm³/mol. The lowest BCUT2D eigenvalue weighted by molar-refractivity contribution is 0.0645. The molecule has 238 valence electrons. The van der Waals surface area contributed by atoms with Crippen LogP contribution in [0.2, 0.25) is 0 Å². The van der Waals surface area contributed by atoms with Gasteiger partial charge in [-0.3, -0.25) is 24.3 Å². The fraction of sp³-hybridized carbons (Fsp3) is 0.343. The average molecular weight is 625 g/mol. The second kappa shape index (κ2) is 14.0. The van der Waals surface area contributed by atoms with Crippen molar-refractivity contribution < 1.29 is 23.5 Å². The Kier molecular flexibility index (Phi) is 9.49. The van der Waals surface area contributed by atoms with Gasteiger partial charge in [0.1, 0.15) is 17.6 Å². The first-order chi connectivity index (χ1) is 22.4. The van der Waals surface area contributed by atoms with Gasteiger partial charge in [-0.2, -0.15) is 5.10 Å². The molecule has 6 rings (SSSR count). The van der Waals surface area contributed by atoms with Gasteiger partial charge >= 0.3 is 0 Å². The van der Waals surface area contributed by atoms with E-state index < -0.39 is 18.1 Å². The number of halogens is 1. The molecule has 2 atom stereocenters. The molecule has 0 spiro atoms. The maximum absolute atomic E-state index is 15.1. The largest absolute Gasteiger partial charge is 0.497 e. The van der Waals surface area contributed by atoms with Crippen molar-refractivity contribution in [3.8, 4) is 11.4 Å². The summed E-state index contributed by atoms with van der Waals surface area (Å²) in [6.07, 6.45) is 5.38. The number of pyridine rings is 1. The molecular formula is C35H37FN6O4. The van der Waals surface area contributed by atoms with E-state index in [-0.39, 0.29) is 35.4 Å². The summed E-state index contributed by atoms with van der Waals surface area (Å²) in [5, 5.41) is 7.05. The first-order valence-electron chi connectivity index (χ1n) is 15.6. The van der Waals surface area contributed by atoms with Crippen LogP contribution in [0.4, 0.5) is 4.39 Å². The average Bonchev–Trinajstić information content (AvgIpc) is 3.65. The molecule has 1 N–H and O–H groups in total. The molecule has 2 fully saturated rings. The molecule has 4 heterocycles. The Morgan fingerprint density at radius 2 is 1.67 bits per heavy atom. The van der Waals surface area contributed by atoms with Crippen molar-refractivity contribution in [2.45, 2.75) is 38.0 Å². The van der Waals surface area contributed by atoms with Crippen molar-refractivity contribution >= 4 is 17.6 Å². The highest BCUT2D eigenvalue weighted by atomic mass is 19.1. The van der Waals surface area contributed by atoms with E-state index in [4.69, 9.17) is 4.74 Å². The number of hydrogen-bond acceptors (Lipinski definition) is 7. The van der Waals surface area contributed by atoms with Gasteiger partial charge in [-0.25, -0.2) is 9.07 Å². The third-order valence-corrected chi connectivity index (χ3v) is 8.83. The summed E-state index contributed by atoms with van der Waals surface area (Å²) in [4.78, 5) is 46.9. The number of benzene rings is 2. The summed E-state index contributed by atoms with van der Waals surface area (Å²) in [6.45, 7) is 2.39. The molecule has 4 aromatic rings.